The van der Waals surface area contributed by atoms with Crippen LogP contribution in [0, 0.1) is 6.92 Å². The molecule has 1 aromatic heterocycles. The van der Waals surface area contributed by atoms with Crippen molar-refractivity contribution < 1.29 is 53.9 Å². The number of carbonyl (C=O) groups excluding carboxylic acids is 1. The van der Waals surface area contributed by atoms with E-state index in [1.165, 1.54) is 22.3 Å². The number of ether oxygens (including phenoxy) is 2. The van der Waals surface area contributed by atoms with Crippen LogP contribution in [0.5, 0.6) is 11.5 Å². The average Bonchev–Trinajstić information content (AvgIpc) is 3.43. The Morgan fingerprint density at radius 2 is 1.50 bits per heavy atom. The number of hydrogen-bond donors (Lipinski definition) is 5. The van der Waals surface area contributed by atoms with Crippen LogP contribution >= 0.6 is 23.6 Å². The largest absolute Gasteiger partial charge is 0.488 e. The Balaban J connectivity index is 1.50. The summed E-state index contributed by atoms with van der Waals surface area (Å²) in [5, 5.41) is 37.4. The molecule has 2 heterocycles. The Morgan fingerprint density at radius 3 is 2.11 bits per heavy atom. The molecule has 3 aromatic rings. The molecule has 17 heteroatoms. The summed E-state index contributed by atoms with van der Waals surface area (Å²) in [6.45, 7) is -0.597. The number of benzene rings is 2. The van der Waals surface area contributed by atoms with Gasteiger partial charge in [0.1, 0.15) is 56.6 Å². The number of nitrogens with zero attached hydrogens (tertiary/aromatic N) is 3. The van der Waals surface area contributed by atoms with E-state index in [4.69, 9.17) is 32.5 Å². The quantitative estimate of drug-likeness (QED) is 0.0676. The Kier molecular flexibility index (Phi) is 10.3. The zero-order valence-corrected chi connectivity index (χ0v) is 25.8. The van der Waals surface area contributed by atoms with Crippen molar-refractivity contribution in [3.8, 4) is 11.5 Å². The van der Waals surface area contributed by atoms with Crippen LogP contribution in [0.1, 0.15) is 10.4 Å². The highest BCUT2D eigenvalue weighted by molar-refractivity contribution is 7.80. The first-order chi connectivity index (χ1) is 21.7. The normalized spacial score (nSPS) is 13.8. The molecule has 0 saturated carbocycles. The van der Waals surface area contributed by atoms with Gasteiger partial charge in [-0.05, 0) is 66.5 Å². The summed E-state index contributed by atoms with van der Waals surface area (Å²) in [4.78, 5) is 61.9. The third-order valence-corrected chi connectivity index (χ3v) is 7.94. The molecule has 0 spiro atoms. The first kappa shape index (κ1) is 33.5. The molecule has 4 rings (SSSR count). The molecule has 0 unspecified atom stereocenters. The Bertz CT molecular complexity index is 1750. The number of fused-ring (bicyclic) bond motifs is 1. The van der Waals surface area contributed by atoms with Gasteiger partial charge in [0.15, 0.2) is 5.11 Å². The van der Waals surface area contributed by atoms with Crippen LogP contribution in [0.25, 0.3) is 16.2 Å². The fourth-order valence-corrected chi connectivity index (χ4v) is 5.92. The van der Waals surface area contributed by atoms with Gasteiger partial charge in [-0.2, -0.15) is 0 Å². The van der Waals surface area contributed by atoms with Gasteiger partial charge < -0.3 is 45.4 Å². The van der Waals surface area contributed by atoms with E-state index >= 15 is 0 Å². The summed E-state index contributed by atoms with van der Waals surface area (Å²) >= 11 is 6.44. The van der Waals surface area contributed by atoms with Crippen LogP contribution < -0.4 is 20.1 Å². The molecule has 1 saturated heterocycles. The van der Waals surface area contributed by atoms with E-state index in [1.54, 1.807) is 43.3 Å². The standard InChI is InChI=1S/C29H28N4O11S2/c1-15-2-3-19(31(11-24(34)35)12-25(36)37)22(6-15)44-5-4-43-21-8-16-7-17(46-23(16)10-18(21)30)9-20-28(42)33(14-27(40)41)29(45)32(20)13-26(38)39/h2-3,6-10H,4-5,11-14,30H2,1H3,(H,34,35)(H,36,37)(H,38,39)(H,40,41). The highest BCUT2D eigenvalue weighted by Gasteiger charge is 2.40. The van der Waals surface area contributed by atoms with Gasteiger partial charge in [-0.1, -0.05) is 6.07 Å². The lowest BCUT2D eigenvalue weighted by molar-refractivity contribution is -0.140. The number of amides is 1. The number of hydrogen-bond acceptors (Lipinski definition) is 11. The number of carboxylic acids is 4. The summed E-state index contributed by atoms with van der Waals surface area (Å²) < 4.78 is 12.4. The van der Waals surface area contributed by atoms with Crippen molar-refractivity contribution in [3.63, 3.8) is 0 Å². The summed E-state index contributed by atoms with van der Waals surface area (Å²) in [6, 6.07) is 10.0. The SMILES string of the molecule is Cc1ccc(N(CC(=O)O)CC(=O)O)c(OCCOc2cc3cc(C=C4C(=O)N(CC(=O)O)C(=S)N4CC(=O)O)sc3cc2N)c1. The van der Waals surface area contributed by atoms with Gasteiger partial charge in [-0.3, -0.25) is 28.9 Å². The van der Waals surface area contributed by atoms with Crippen molar-refractivity contribution in [2.45, 2.75) is 6.92 Å². The molecule has 1 fully saturated rings. The highest BCUT2D eigenvalue weighted by Crippen LogP contribution is 2.36. The predicted octanol–water partition coefficient (Wildman–Crippen LogP) is 2.16. The average molecular weight is 673 g/mol. The van der Waals surface area contributed by atoms with E-state index in [9.17, 15) is 39.3 Å². The zero-order valence-electron chi connectivity index (χ0n) is 24.2. The van der Waals surface area contributed by atoms with Gasteiger partial charge in [0, 0.05) is 9.58 Å². The van der Waals surface area contributed by atoms with Crippen molar-refractivity contribution >= 4 is 86.0 Å². The van der Waals surface area contributed by atoms with Gasteiger partial charge in [-0.25, -0.2) is 0 Å². The molecule has 0 radical (unpaired) electrons. The lowest BCUT2D eigenvalue weighted by atomic mass is 10.2. The lowest BCUT2D eigenvalue weighted by Gasteiger charge is -2.24. The molecule has 2 aromatic carbocycles. The molecule has 46 heavy (non-hydrogen) atoms. The van der Waals surface area contributed by atoms with E-state index in [0.717, 1.165) is 20.1 Å². The predicted molar refractivity (Wildman–Crippen MR) is 170 cm³/mol. The molecule has 1 amide bonds. The first-order valence-corrected chi connectivity index (χ1v) is 14.6. The van der Waals surface area contributed by atoms with E-state index in [0.29, 0.717) is 27.4 Å². The Labute approximate surface area is 270 Å². The second-order valence-electron chi connectivity index (χ2n) is 9.97. The molecule has 6 N–H and O–H groups in total. The number of carbonyl (C=O) groups is 5. The summed E-state index contributed by atoms with van der Waals surface area (Å²) in [6.07, 6.45) is 1.44. The molecule has 0 atom stereocenters. The number of aliphatic carboxylic acids is 4. The van der Waals surface area contributed by atoms with Crippen LogP contribution in [0.4, 0.5) is 11.4 Å². The first-order valence-electron chi connectivity index (χ1n) is 13.4. The van der Waals surface area contributed by atoms with Crippen molar-refractivity contribution in [3.05, 3.63) is 52.5 Å². The summed E-state index contributed by atoms with van der Waals surface area (Å²) in [7, 11) is 0. The van der Waals surface area contributed by atoms with E-state index in [2.05, 4.69) is 0 Å². The highest BCUT2D eigenvalue weighted by atomic mass is 32.1. The molecule has 1 aliphatic heterocycles. The second kappa shape index (κ2) is 14.1. The van der Waals surface area contributed by atoms with Gasteiger partial charge in [0.25, 0.3) is 5.91 Å². The fraction of sp³-hybridized carbons (Fsp3) is 0.241. The number of rotatable bonds is 15. The van der Waals surface area contributed by atoms with Gasteiger partial charge in [0.05, 0.1) is 11.4 Å². The number of carboxylic acid groups (broad SMARTS) is 4. The zero-order chi connectivity index (χ0) is 33.7. The number of aryl methyl sites for hydroxylation is 1. The second-order valence-corrected chi connectivity index (χ2v) is 11.4. The van der Waals surface area contributed by atoms with Gasteiger partial charge in [0.2, 0.25) is 0 Å². The molecular weight excluding hydrogens is 644 g/mol. The minimum Gasteiger partial charge on any atom is -0.488 e. The number of thiocarbonyl (C=S) groups is 1. The molecule has 0 bridgehead atoms. The maximum atomic E-state index is 13.0. The molecule has 242 valence electrons. The van der Waals surface area contributed by atoms with Crippen molar-refractivity contribution in [2.75, 3.05) is 50.0 Å². The lowest BCUT2D eigenvalue weighted by Crippen LogP contribution is -2.38. The smallest absolute Gasteiger partial charge is 0.323 e. The third-order valence-electron chi connectivity index (χ3n) is 6.46. The third kappa shape index (κ3) is 7.99. The maximum Gasteiger partial charge on any atom is 0.323 e. The van der Waals surface area contributed by atoms with E-state index < -0.39 is 56.0 Å². The van der Waals surface area contributed by atoms with Crippen molar-refractivity contribution in [1.29, 1.82) is 0 Å². The Morgan fingerprint density at radius 1 is 0.891 bits per heavy atom. The minimum absolute atomic E-state index is 0.0111. The molecule has 15 nitrogen and oxygen atoms in total. The summed E-state index contributed by atoms with van der Waals surface area (Å²) in [5.74, 6) is -5.10. The maximum absolute atomic E-state index is 13.0. The topological polar surface area (TPSA) is 220 Å². The molecule has 1 aliphatic rings. The van der Waals surface area contributed by atoms with E-state index in [-0.39, 0.29) is 29.8 Å². The van der Waals surface area contributed by atoms with Crippen LogP contribution in [0.3, 0.4) is 0 Å². The van der Waals surface area contributed by atoms with Crippen molar-refractivity contribution in [2.24, 2.45) is 0 Å². The summed E-state index contributed by atoms with van der Waals surface area (Å²) in [5.41, 5.74) is 7.54. The van der Waals surface area contributed by atoms with Crippen LogP contribution in [-0.2, 0) is 24.0 Å². The minimum atomic E-state index is -1.31. The number of anilines is 2. The van der Waals surface area contributed by atoms with Crippen LogP contribution in [-0.4, -0.2) is 105 Å². The van der Waals surface area contributed by atoms with Gasteiger partial charge in [-0.15, -0.1) is 11.3 Å². The van der Waals surface area contributed by atoms with E-state index in [1.807, 2.05) is 0 Å². The van der Waals surface area contributed by atoms with Crippen molar-refractivity contribution in [1.82, 2.24) is 9.80 Å². The molecule has 0 aliphatic carbocycles. The van der Waals surface area contributed by atoms with Crippen LogP contribution in [0.2, 0.25) is 0 Å². The monoisotopic (exact) mass is 672 g/mol. The molecular formula is C29H28N4O11S2. The number of thiophene rings is 1. The number of nitrogens with two attached hydrogens (primary N) is 1. The number of nitrogen functional groups attached to an aromatic ring is 1. The fourth-order valence-electron chi connectivity index (χ4n) is 4.58. The van der Waals surface area contributed by atoms with Crippen LogP contribution in [0.15, 0.2) is 42.1 Å². The van der Waals surface area contributed by atoms with Gasteiger partial charge >= 0.3 is 23.9 Å². The Hall–Kier alpha value is -5.42.